The van der Waals surface area contributed by atoms with Crippen LogP contribution in [0.3, 0.4) is 0 Å². The van der Waals surface area contributed by atoms with Crippen molar-refractivity contribution in [3.63, 3.8) is 0 Å². The molecule has 0 amide bonds. The molecule has 2 aromatic rings. The second-order valence-electron chi connectivity index (χ2n) is 7.46. The molecule has 3 heteroatoms. The monoisotopic (exact) mass is 312 g/mol. The predicted molar refractivity (Wildman–Crippen MR) is 97.1 cm³/mol. The molecule has 0 unspecified atom stereocenters. The average Bonchev–Trinajstić information content (AvgIpc) is 2.55. The highest BCUT2D eigenvalue weighted by Crippen LogP contribution is 2.42. The number of hydrogen-bond donors (Lipinski definition) is 1. The van der Waals surface area contributed by atoms with Gasteiger partial charge in [0.25, 0.3) is 0 Å². The first-order chi connectivity index (χ1) is 11.0. The summed E-state index contributed by atoms with van der Waals surface area (Å²) >= 11 is 0. The molecule has 1 aliphatic heterocycles. The zero-order valence-electron chi connectivity index (χ0n) is 14.7. The Hall–Kier alpha value is -1.58. The predicted octanol–water partition coefficient (Wildman–Crippen LogP) is 3.84. The summed E-state index contributed by atoms with van der Waals surface area (Å²) < 4.78 is 5.57. The molecule has 1 atom stereocenters. The fourth-order valence-corrected chi connectivity index (χ4v) is 3.86. The second kappa shape index (κ2) is 6.50. The van der Waals surface area contributed by atoms with Crippen molar-refractivity contribution in [1.82, 2.24) is 10.2 Å². The molecule has 1 aliphatic rings. The molecule has 1 fully saturated rings. The lowest BCUT2D eigenvalue weighted by Gasteiger charge is -2.43. The van der Waals surface area contributed by atoms with Gasteiger partial charge in [-0.2, -0.15) is 0 Å². The van der Waals surface area contributed by atoms with E-state index in [1.165, 1.54) is 16.3 Å². The molecule has 124 valence electrons. The molecule has 0 radical (unpaired) electrons. The zero-order valence-corrected chi connectivity index (χ0v) is 14.7. The molecule has 0 saturated carbocycles. The van der Waals surface area contributed by atoms with E-state index in [0.717, 1.165) is 31.9 Å². The van der Waals surface area contributed by atoms with Gasteiger partial charge in [-0.25, -0.2) is 0 Å². The SMILES string of the molecule is COc1ccc([C@H](N2CCNCC2)C(C)(C)C)c2ccccc12. The van der Waals surface area contributed by atoms with Gasteiger partial charge in [0.1, 0.15) is 5.75 Å². The standard InChI is InChI=1S/C20H28N2O/c1-20(2,3)19(22-13-11-21-12-14-22)17-9-10-18(23-4)16-8-6-5-7-15(16)17/h5-10,19,21H,11-14H2,1-4H3/t19-/m0/s1. The Morgan fingerprint density at radius 2 is 1.65 bits per heavy atom. The van der Waals surface area contributed by atoms with Gasteiger partial charge in [0.15, 0.2) is 0 Å². The van der Waals surface area contributed by atoms with Gasteiger partial charge in [0, 0.05) is 37.6 Å². The van der Waals surface area contributed by atoms with Gasteiger partial charge in [-0.15, -0.1) is 0 Å². The minimum atomic E-state index is 0.175. The van der Waals surface area contributed by atoms with Gasteiger partial charge in [0.2, 0.25) is 0 Å². The van der Waals surface area contributed by atoms with Crippen LogP contribution in [0.2, 0.25) is 0 Å². The molecule has 0 spiro atoms. The van der Waals surface area contributed by atoms with Crippen molar-refractivity contribution in [2.24, 2.45) is 5.41 Å². The van der Waals surface area contributed by atoms with Crippen LogP contribution in [0.4, 0.5) is 0 Å². The third kappa shape index (κ3) is 3.22. The highest BCUT2D eigenvalue weighted by atomic mass is 16.5. The molecular weight excluding hydrogens is 284 g/mol. The van der Waals surface area contributed by atoms with E-state index in [9.17, 15) is 0 Å². The number of benzene rings is 2. The Kier molecular flexibility index (Phi) is 4.60. The largest absolute Gasteiger partial charge is 0.496 e. The molecule has 3 nitrogen and oxygen atoms in total. The number of rotatable bonds is 3. The van der Waals surface area contributed by atoms with Crippen LogP contribution in [0.1, 0.15) is 32.4 Å². The number of nitrogens with zero attached hydrogens (tertiary/aromatic N) is 1. The third-order valence-corrected chi connectivity index (χ3v) is 4.77. The van der Waals surface area contributed by atoms with Crippen LogP contribution in [-0.4, -0.2) is 38.2 Å². The maximum atomic E-state index is 5.57. The average molecular weight is 312 g/mol. The van der Waals surface area contributed by atoms with Crippen molar-refractivity contribution in [2.75, 3.05) is 33.3 Å². The summed E-state index contributed by atoms with van der Waals surface area (Å²) in [6.45, 7) is 11.4. The lowest BCUT2D eigenvalue weighted by Crippen LogP contribution is -2.48. The fourth-order valence-electron chi connectivity index (χ4n) is 3.86. The number of nitrogens with one attached hydrogen (secondary N) is 1. The number of piperazine rings is 1. The van der Waals surface area contributed by atoms with Crippen molar-refractivity contribution in [1.29, 1.82) is 0 Å². The van der Waals surface area contributed by atoms with E-state index in [0.29, 0.717) is 6.04 Å². The lowest BCUT2D eigenvalue weighted by atomic mass is 9.79. The topological polar surface area (TPSA) is 24.5 Å². The lowest BCUT2D eigenvalue weighted by molar-refractivity contribution is 0.0872. The van der Waals surface area contributed by atoms with Crippen molar-refractivity contribution in [2.45, 2.75) is 26.8 Å². The van der Waals surface area contributed by atoms with Crippen molar-refractivity contribution >= 4 is 10.8 Å². The molecule has 23 heavy (non-hydrogen) atoms. The normalized spacial score (nSPS) is 18.1. The highest BCUT2D eigenvalue weighted by Gasteiger charge is 2.33. The summed E-state index contributed by atoms with van der Waals surface area (Å²) in [5.74, 6) is 0.956. The number of methoxy groups -OCH3 is 1. The summed E-state index contributed by atoms with van der Waals surface area (Å²) in [6, 6.07) is 13.4. The van der Waals surface area contributed by atoms with Crippen LogP contribution in [-0.2, 0) is 0 Å². The Morgan fingerprint density at radius 3 is 2.26 bits per heavy atom. The number of fused-ring (bicyclic) bond motifs is 1. The van der Waals surface area contributed by atoms with Crippen molar-refractivity contribution in [3.05, 3.63) is 42.0 Å². The molecular formula is C20H28N2O. The Labute approximate surface area is 139 Å². The van der Waals surface area contributed by atoms with E-state index in [1.54, 1.807) is 7.11 Å². The van der Waals surface area contributed by atoms with E-state index in [1.807, 2.05) is 0 Å². The van der Waals surface area contributed by atoms with Gasteiger partial charge < -0.3 is 10.1 Å². The third-order valence-electron chi connectivity index (χ3n) is 4.77. The minimum Gasteiger partial charge on any atom is -0.496 e. The molecule has 1 heterocycles. The summed E-state index contributed by atoms with van der Waals surface area (Å²) in [6.07, 6.45) is 0. The molecule has 0 bridgehead atoms. The van der Waals surface area contributed by atoms with Gasteiger partial charge in [-0.05, 0) is 22.4 Å². The van der Waals surface area contributed by atoms with Crippen LogP contribution >= 0.6 is 0 Å². The minimum absolute atomic E-state index is 0.175. The maximum absolute atomic E-state index is 5.57. The summed E-state index contributed by atoms with van der Waals surface area (Å²) in [5, 5.41) is 5.98. The number of ether oxygens (including phenoxy) is 1. The van der Waals surface area contributed by atoms with Crippen LogP contribution in [0, 0.1) is 5.41 Å². The smallest absolute Gasteiger partial charge is 0.126 e. The van der Waals surface area contributed by atoms with E-state index in [-0.39, 0.29) is 5.41 Å². The molecule has 1 N–H and O–H groups in total. The fraction of sp³-hybridized carbons (Fsp3) is 0.500. The maximum Gasteiger partial charge on any atom is 0.126 e. The van der Waals surface area contributed by atoms with Crippen LogP contribution in [0.15, 0.2) is 36.4 Å². The molecule has 0 aliphatic carbocycles. The van der Waals surface area contributed by atoms with E-state index >= 15 is 0 Å². The van der Waals surface area contributed by atoms with Crippen LogP contribution in [0.25, 0.3) is 10.8 Å². The summed E-state index contributed by atoms with van der Waals surface area (Å²) in [5.41, 5.74) is 1.59. The first-order valence-electron chi connectivity index (χ1n) is 8.53. The Balaban J connectivity index is 2.14. The van der Waals surface area contributed by atoms with Crippen LogP contribution in [0.5, 0.6) is 5.75 Å². The molecule has 2 aromatic carbocycles. The molecule has 3 rings (SSSR count). The Bertz CT molecular complexity index is 669. The van der Waals surface area contributed by atoms with Crippen molar-refractivity contribution in [3.8, 4) is 5.75 Å². The summed E-state index contributed by atoms with van der Waals surface area (Å²) in [4.78, 5) is 2.63. The van der Waals surface area contributed by atoms with Gasteiger partial charge in [-0.3, -0.25) is 4.90 Å². The second-order valence-corrected chi connectivity index (χ2v) is 7.46. The quantitative estimate of drug-likeness (QED) is 0.932. The van der Waals surface area contributed by atoms with Gasteiger partial charge in [0.05, 0.1) is 7.11 Å². The zero-order chi connectivity index (χ0) is 16.4. The molecule has 0 aromatic heterocycles. The van der Waals surface area contributed by atoms with Gasteiger partial charge >= 0.3 is 0 Å². The van der Waals surface area contributed by atoms with E-state index in [2.05, 4.69) is 67.4 Å². The first kappa shape index (κ1) is 16.3. The van der Waals surface area contributed by atoms with Crippen LogP contribution < -0.4 is 10.1 Å². The van der Waals surface area contributed by atoms with E-state index in [4.69, 9.17) is 4.74 Å². The summed E-state index contributed by atoms with van der Waals surface area (Å²) in [7, 11) is 1.75. The van der Waals surface area contributed by atoms with Crippen molar-refractivity contribution < 1.29 is 4.74 Å². The van der Waals surface area contributed by atoms with Gasteiger partial charge in [-0.1, -0.05) is 51.1 Å². The van der Waals surface area contributed by atoms with E-state index < -0.39 is 0 Å². The first-order valence-corrected chi connectivity index (χ1v) is 8.53. The highest BCUT2D eigenvalue weighted by molar-refractivity contribution is 5.91. The molecule has 1 saturated heterocycles. The number of hydrogen-bond acceptors (Lipinski definition) is 3. The Morgan fingerprint density at radius 1 is 1.00 bits per heavy atom.